The largest absolute Gasteiger partial charge is 0.507 e. The van der Waals surface area contributed by atoms with Crippen molar-refractivity contribution in [3.05, 3.63) is 52.5 Å². The summed E-state index contributed by atoms with van der Waals surface area (Å²) in [5, 5.41) is 17.0. The zero-order chi connectivity index (χ0) is 18.6. The molecule has 0 spiro atoms. The molecule has 0 radical (unpaired) electrons. The molecule has 0 saturated carbocycles. The molecule has 25 heavy (non-hydrogen) atoms. The molecule has 0 unspecified atom stereocenters. The van der Waals surface area contributed by atoms with Crippen LogP contribution in [-0.4, -0.2) is 32.0 Å². The minimum Gasteiger partial charge on any atom is -0.507 e. The van der Waals surface area contributed by atoms with Crippen LogP contribution in [0.15, 0.2) is 51.8 Å². The predicted molar refractivity (Wildman–Crippen MR) is 92.5 cm³/mol. The van der Waals surface area contributed by atoms with E-state index in [-0.39, 0.29) is 21.9 Å². The second kappa shape index (κ2) is 7.64. The standard InChI is InChI=1S/C15H13BrN2O6S/c16-9-4-5-13(19)12(6-9)15(21)24-8-14(20)18-10-2-1-3-11(7-10)25(17,22)23/h1-7,19H,8H2,(H,18,20)(H2,17,22,23). The molecule has 0 heterocycles. The molecule has 0 bridgehead atoms. The number of primary sulfonamides is 1. The van der Waals surface area contributed by atoms with E-state index in [2.05, 4.69) is 21.2 Å². The van der Waals surface area contributed by atoms with E-state index >= 15 is 0 Å². The maximum atomic E-state index is 11.9. The number of esters is 1. The molecule has 132 valence electrons. The summed E-state index contributed by atoms with van der Waals surface area (Å²) < 4.78 is 27.9. The molecular weight excluding hydrogens is 416 g/mol. The molecule has 8 nitrogen and oxygen atoms in total. The summed E-state index contributed by atoms with van der Waals surface area (Å²) in [6, 6.07) is 9.51. The van der Waals surface area contributed by atoms with Gasteiger partial charge in [0.15, 0.2) is 6.61 Å². The monoisotopic (exact) mass is 428 g/mol. The third-order valence-corrected chi connectivity index (χ3v) is 4.36. The molecule has 0 aliphatic heterocycles. The molecule has 2 rings (SSSR count). The Balaban J connectivity index is 1.99. The Hall–Kier alpha value is -2.43. The van der Waals surface area contributed by atoms with Gasteiger partial charge in [-0.2, -0.15) is 0 Å². The fraction of sp³-hybridized carbons (Fsp3) is 0.0667. The third-order valence-electron chi connectivity index (χ3n) is 2.96. The van der Waals surface area contributed by atoms with Gasteiger partial charge in [-0.3, -0.25) is 4.79 Å². The van der Waals surface area contributed by atoms with Gasteiger partial charge in [0.1, 0.15) is 11.3 Å². The van der Waals surface area contributed by atoms with Gasteiger partial charge >= 0.3 is 5.97 Å². The van der Waals surface area contributed by atoms with Crippen molar-refractivity contribution in [2.24, 2.45) is 5.14 Å². The average molecular weight is 429 g/mol. The SMILES string of the molecule is NS(=O)(=O)c1cccc(NC(=O)COC(=O)c2cc(Br)ccc2O)c1. The van der Waals surface area contributed by atoms with Crippen LogP contribution in [0.2, 0.25) is 0 Å². The van der Waals surface area contributed by atoms with Crippen LogP contribution in [0.3, 0.4) is 0 Å². The molecule has 0 atom stereocenters. The lowest BCUT2D eigenvalue weighted by molar-refractivity contribution is -0.119. The van der Waals surface area contributed by atoms with Crippen molar-refractivity contribution in [1.29, 1.82) is 0 Å². The Morgan fingerprint density at radius 2 is 1.92 bits per heavy atom. The number of phenols is 1. The number of carbonyl (C=O) groups is 2. The highest BCUT2D eigenvalue weighted by atomic mass is 79.9. The Labute approximate surface area is 151 Å². The fourth-order valence-corrected chi connectivity index (χ4v) is 2.75. The van der Waals surface area contributed by atoms with Crippen LogP contribution < -0.4 is 10.5 Å². The van der Waals surface area contributed by atoms with Crippen LogP contribution in [0, 0.1) is 0 Å². The van der Waals surface area contributed by atoms with Gasteiger partial charge in [-0.05, 0) is 36.4 Å². The molecule has 1 amide bonds. The summed E-state index contributed by atoms with van der Waals surface area (Å²) in [6.45, 7) is -0.621. The average Bonchev–Trinajstić information content (AvgIpc) is 2.54. The number of sulfonamides is 1. The van der Waals surface area contributed by atoms with Crippen molar-refractivity contribution in [2.75, 3.05) is 11.9 Å². The third kappa shape index (κ3) is 5.28. The van der Waals surface area contributed by atoms with Crippen molar-refractivity contribution >= 4 is 43.5 Å². The Bertz CT molecular complexity index is 929. The Kier molecular flexibility index (Phi) is 5.77. The van der Waals surface area contributed by atoms with Crippen molar-refractivity contribution in [2.45, 2.75) is 4.90 Å². The highest BCUT2D eigenvalue weighted by Crippen LogP contribution is 2.22. The Morgan fingerprint density at radius 3 is 2.60 bits per heavy atom. The maximum Gasteiger partial charge on any atom is 0.342 e. The van der Waals surface area contributed by atoms with Gasteiger partial charge in [0.05, 0.1) is 4.90 Å². The van der Waals surface area contributed by atoms with Gasteiger partial charge in [0.2, 0.25) is 10.0 Å². The minimum absolute atomic E-state index is 0.0987. The van der Waals surface area contributed by atoms with E-state index in [1.165, 1.54) is 42.5 Å². The summed E-state index contributed by atoms with van der Waals surface area (Å²) in [4.78, 5) is 23.5. The smallest absolute Gasteiger partial charge is 0.342 e. The number of nitrogens with two attached hydrogens (primary N) is 1. The molecule has 4 N–H and O–H groups in total. The van der Waals surface area contributed by atoms with Gasteiger partial charge in [0.25, 0.3) is 5.91 Å². The van der Waals surface area contributed by atoms with E-state index in [1.807, 2.05) is 0 Å². The molecule has 0 aliphatic carbocycles. The van der Waals surface area contributed by atoms with Crippen LogP contribution >= 0.6 is 15.9 Å². The first-order valence-electron chi connectivity index (χ1n) is 6.75. The number of aromatic hydroxyl groups is 1. The number of rotatable bonds is 5. The van der Waals surface area contributed by atoms with E-state index in [9.17, 15) is 23.1 Å². The zero-order valence-corrected chi connectivity index (χ0v) is 15.0. The van der Waals surface area contributed by atoms with Crippen molar-refractivity contribution in [3.8, 4) is 5.75 Å². The number of amides is 1. The first-order chi connectivity index (χ1) is 11.7. The minimum atomic E-state index is -3.90. The highest BCUT2D eigenvalue weighted by molar-refractivity contribution is 9.10. The second-order valence-corrected chi connectivity index (χ2v) is 7.34. The van der Waals surface area contributed by atoms with E-state index < -0.39 is 28.5 Å². The highest BCUT2D eigenvalue weighted by Gasteiger charge is 2.15. The number of ether oxygens (including phenoxy) is 1. The number of phenolic OH excluding ortho intramolecular Hbond substituents is 1. The van der Waals surface area contributed by atoms with Crippen LogP contribution in [0.25, 0.3) is 0 Å². The van der Waals surface area contributed by atoms with E-state index in [4.69, 9.17) is 9.88 Å². The van der Waals surface area contributed by atoms with Crippen LogP contribution in [-0.2, 0) is 19.6 Å². The number of nitrogens with one attached hydrogen (secondary N) is 1. The van der Waals surface area contributed by atoms with Crippen LogP contribution in [0.1, 0.15) is 10.4 Å². The van der Waals surface area contributed by atoms with Crippen molar-refractivity contribution < 1.29 is 27.9 Å². The molecule has 0 aromatic heterocycles. The van der Waals surface area contributed by atoms with Gasteiger partial charge in [0, 0.05) is 10.2 Å². The lowest BCUT2D eigenvalue weighted by atomic mass is 10.2. The predicted octanol–water partition coefficient (Wildman–Crippen LogP) is 1.60. The van der Waals surface area contributed by atoms with Gasteiger partial charge in [-0.1, -0.05) is 22.0 Å². The summed E-state index contributed by atoms with van der Waals surface area (Å²) in [7, 11) is -3.90. The van der Waals surface area contributed by atoms with Crippen molar-refractivity contribution in [1.82, 2.24) is 0 Å². The Morgan fingerprint density at radius 1 is 1.20 bits per heavy atom. The normalized spacial score (nSPS) is 11.0. The number of carbonyl (C=O) groups excluding carboxylic acids is 2. The molecule has 10 heteroatoms. The lowest BCUT2D eigenvalue weighted by Crippen LogP contribution is -2.21. The second-order valence-electron chi connectivity index (χ2n) is 4.86. The number of halogens is 1. The van der Waals surface area contributed by atoms with E-state index in [1.54, 1.807) is 0 Å². The first kappa shape index (κ1) is 18.9. The summed E-state index contributed by atoms with van der Waals surface area (Å²) in [5.74, 6) is -1.85. The number of anilines is 1. The quantitative estimate of drug-likeness (QED) is 0.618. The first-order valence-corrected chi connectivity index (χ1v) is 9.09. The van der Waals surface area contributed by atoms with E-state index in [0.717, 1.165) is 0 Å². The number of benzene rings is 2. The summed E-state index contributed by atoms with van der Waals surface area (Å²) >= 11 is 3.15. The molecule has 0 saturated heterocycles. The fourth-order valence-electron chi connectivity index (χ4n) is 1.83. The van der Waals surface area contributed by atoms with E-state index in [0.29, 0.717) is 4.47 Å². The summed E-state index contributed by atoms with van der Waals surface area (Å²) in [6.07, 6.45) is 0. The van der Waals surface area contributed by atoms with Gasteiger partial charge in [-0.25, -0.2) is 18.4 Å². The van der Waals surface area contributed by atoms with Gasteiger partial charge < -0.3 is 15.2 Å². The van der Waals surface area contributed by atoms with Crippen molar-refractivity contribution in [3.63, 3.8) is 0 Å². The topological polar surface area (TPSA) is 136 Å². The lowest BCUT2D eigenvalue weighted by Gasteiger charge is -2.08. The van der Waals surface area contributed by atoms with Crippen LogP contribution in [0.5, 0.6) is 5.75 Å². The molecule has 0 fully saturated rings. The molecule has 0 aliphatic rings. The molecule has 2 aromatic carbocycles. The zero-order valence-electron chi connectivity index (χ0n) is 12.6. The maximum absolute atomic E-state index is 11.9. The molecule has 2 aromatic rings. The van der Waals surface area contributed by atoms with Gasteiger partial charge in [-0.15, -0.1) is 0 Å². The molecular formula is C15H13BrN2O6S. The number of hydrogen-bond acceptors (Lipinski definition) is 6. The summed E-state index contributed by atoms with van der Waals surface area (Å²) in [5.41, 5.74) is 0.0799. The number of hydrogen-bond donors (Lipinski definition) is 3. The van der Waals surface area contributed by atoms with Crippen LogP contribution in [0.4, 0.5) is 5.69 Å².